The second kappa shape index (κ2) is 7.42. The van der Waals surface area contributed by atoms with Gasteiger partial charge in [0.1, 0.15) is 0 Å². The van der Waals surface area contributed by atoms with Crippen LogP contribution in [0.2, 0.25) is 0 Å². The third-order valence-corrected chi connectivity index (χ3v) is 4.50. The van der Waals surface area contributed by atoms with E-state index in [0.29, 0.717) is 0 Å². The van der Waals surface area contributed by atoms with Crippen LogP contribution in [0.5, 0.6) is 0 Å². The van der Waals surface area contributed by atoms with Crippen LogP contribution in [0.25, 0.3) is 5.03 Å². The predicted molar refractivity (Wildman–Crippen MR) is 86.7 cm³/mol. The van der Waals surface area contributed by atoms with Crippen molar-refractivity contribution in [3.05, 3.63) is 71.8 Å². The highest BCUT2D eigenvalue weighted by Gasteiger charge is 2.06. The lowest BCUT2D eigenvalue weighted by Gasteiger charge is -2.09. The van der Waals surface area contributed by atoms with Crippen molar-refractivity contribution in [1.82, 2.24) is 0 Å². The summed E-state index contributed by atoms with van der Waals surface area (Å²) >= 11 is 8.34. The Bertz CT molecular complexity index is 532. The van der Waals surface area contributed by atoms with E-state index in [2.05, 4.69) is 43.3 Å². The SMILES string of the molecule is CCC(CSc1ccccc1)=C(Cl)c1ccccc1. The Morgan fingerprint density at radius 3 is 2.11 bits per heavy atom. The molecule has 19 heavy (non-hydrogen) atoms. The van der Waals surface area contributed by atoms with Crippen LogP contribution in [0.15, 0.2) is 71.1 Å². The van der Waals surface area contributed by atoms with E-state index < -0.39 is 0 Å². The van der Waals surface area contributed by atoms with Crippen LogP contribution in [-0.4, -0.2) is 5.75 Å². The third kappa shape index (κ3) is 4.15. The number of rotatable bonds is 5. The van der Waals surface area contributed by atoms with Crippen molar-refractivity contribution in [2.45, 2.75) is 18.2 Å². The van der Waals surface area contributed by atoms with Crippen LogP contribution in [0.4, 0.5) is 0 Å². The minimum absolute atomic E-state index is 0.895. The zero-order chi connectivity index (χ0) is 13.5. The molecule has 0 spiro atoms. The Balaban J connectivity index is 2.11. The first kappa shape index (κ1) is 14.2. The first-order valence-electron chi connectivity index (χ1n) is 6.42. The Kier molecular flexibility index (Phi) is 5.56. The van der Waals surface area contributed by atoms with Gasteiger partial charge in [-0.1, -0.05) is 67.1 Å². The predicted octanol–water partition coefficient (Wildman–Crippen LogP) is 5.84. The molecule has 0 aliphatic rings. The topological polar surface area (TPSA) is 0 Å². The molecule has 98 valence electrons. The summed E-state index contributed by atoms with van der Waals surface area (Å²) in [5.41, 5.74) is 2.40. The molecule has 0 N–H and O–H groups in total. The monoisotopic (exact) mass is 288 g/mol. The molecule has 0 aliphatic heterocycles. The molecule has 0 fully saturated rings. The van der Waals surface area contributed by atoms with Crippen molar-refractivity contribution in [2.24, 2.45) is 0 Å². The van der Waals surface area contributed by atoms with E-state index >= 15 is 0 Å². The second-order valence-corrected chi connectivity index (χ2v) is 5.67. The fraction of sp³-hybridized carbons (Fsp3) is 0.176. The smallest absolute Gasteiger partial charge is 0.0478 e. The molecule has 0 heterocycles. The number of hydrogen-bond donors (Lipinski definition) is 0. The van der Waals surface area contributed by atoms with E-state index in [1.165, 1.54) is 10.5 Å². The minimum atomic E-state index is 0.895. The molecule has 0 nitrogen and oxygen atoms in total. The molecule has 0 atom stereocenters. The van der Waals surface area contributed by atoms with Crippen molar-refractivity contribution in [2.75, 3.05) is 5.75 Å². The summed E-state index contributed by atoms with van der Waals surface area (Å²) in [5.74, 6) is 0.939. The summed E-state index contributed by atoms with van der Waals surface area (Å²) in [7, 11) is 0. The highest BCUT2D eigenvalue weighted by atomic mass is 35.5. The van der Waals surface area contributed by atoms with Gasteiger partial charge in [0.25, 0.3) is 0 Å². The molecule has 0 saturated heterocycles. The molecule has 0 amide bonds. The second-order valence-electron chi connectivity index (χ2n) is 4.24. The Hall–Kier alpha value is -1.18. The molecule has 0 aliphatic carbocycles. The van der Waals surface area contributed by atoms with Gasteiger partial charge in [0.15, 0.2) is 0 Å². The summed E-state index contributed by atoms with van der Waals surface area (Å²) in [6.07, 6.45) is 0.980. The van der Waals surface area contributed by atoms with E-state index in [1.54, 1.807) is 0 Å². The van der Waals surface area contributed by atoms with Gasteiger partial charge in [0.05, 0.1) is 0 Å². The summed E-state index contributed by atoms with van der Waals surface area (Å²) in [5, 5.41) is 0.895. The summed E-state index contributed by atoms with van der Waals surface area (Å²) < 4.78 is 0. The van der Waals surface area contributed by atoms with Crippen LogP contribution >= 0.6 is 23.4 Å². The van der Waals surface area contributed by atoms with Gasteiger partial charge in [-0.05, 0) is 29.7 Å². The van der Waals surface area contributed by atoms with Gasteiger partial charge in [0, 0.05) is 15.7 Å². The lowest BCUT2D eigenvalue weighted by molar-refractivity contribution is 1.12. The van der Waals surface area contributed by atoms with Crippen molar-refractivity contribution in [3.63, 3.8) is 0 Å². The average molecular weight is 289 g/mol. The third-order valence-electron chi connectivity index (χ3n) is 2.92. The fourth-order valence-corrected chi connectivity index (χ4v) is 3.24. The van der Waals surface area contributed by atoms with Crippen LogP contribution < -0.4 is 0 Å². The zero-order valence-electron chi connectivity index (χ0n) is 11.0. The van der Waals surface area contributed by atoms with Crippen LogP contribution in [0, 0.1) is 0 Å². The molecule has 2 heteroatoms. The van der Waals surface area contributed by atoms with Crippen molar-refractivity contribution in [1.29, 1.82) is 0 Å². The van der Waals surface area contributed by atoms with Crippen LogP contribution in [-0.2, 0) is 0 Å². The van der Waals surface area contributed by atoms with E-state index in [0.717, 1.165) is 22.8 Å². The number of thioether (sulfide) groups is 1. The standard InChI is InChI=1S/C17H17ClS/c1-2-14(13-19-16-11-7-4-8-12-16)17(18)15-9-5-3-6-10-15/h3-12H,2,13H2,1H3. The maximum absolute atomic E-state index is 6.50. The fourth-order valence-electron chi connectivity index (χ4n) is 1.80. The lowest BCUT2D eigenvalue weighted by atomic mass is 10.1. The molecular weight excluding hydrogens is 272 g/mol. The van der Waals surface area contributed by atoms with Crippen molar-refractivity contribution in [3.8, 4) is 0 Å². The van der Waals surface area contributed by atoms with Gasteiger partial charge >= 0.3 is 0 Å². The van der Waals surface area contributed by atoms with Gasteiger partial charge in [-0.15, -0.1) is 11.8 Å². The van der Waals surface area contributed by atoms with Gasteiger partial charge in [-0.2, -0.15) is 0 Å². The van der Waals surface area contributed by atoms with E-state index in [4.69, 9.17) is 11.6 Å². The van der Waals surface area contributed by atoms with Gasteiger partial charge in [-0.25, -0.2) is 0 Å². The first-order valence-corrected chi connectivity index (χ1v) is 7.78. The Morgan fingerprint density at radius 1 is 0.947 bits per heavy atom. The maximum atomic E-state index is 6.50. The molecule has 2 rings (SSSR count). The zero-order valence-corrected chi connectivity index (χ0v) is 12.5. The largest absolute Gasteiger partial charge is 0.122 e. The summed E-state index contributed by atoms with van der Waals surface area (Å²) in [4.78, 5) is 1.28. The quantitative estimate of drug-likeness (QED) is 0.623. The Labute approximate surface area is 124 Å². The molecule has 0 aromatic heterocycles. The van der Waals surface area contributed by atoms with E-state index in [-0.39, 0.29) is 0 Å². The summed E-state index contributed by atoms with van der Waals surface area (Å²) in [6, 6.07) is 20.6. The molecule has 0 unspecified atom stereocenters. The highest BCUT2D eigenvalue weighted by Crippen LogP contribution is 2.29. The average Bonchev–Trinajstić information content (AvgIpc) is 2.49. The van der Waals surface area contributed by atoms with Crippen molar-refractivity contribution < 1.29 is 0 Å². The van der Waals surface area contributed by atoms with Gasteiger partial charge in [0.2, 0.25) is 0 Å². The molecule has 0 radical (unpaired) electrons. The number of halogens is 1. The molecule has 2 aromatic carbocycles. The molecule has 2 aromatic rings. The lowest BCUT2D eigenvalue weighted by Crippen LogP contribution is -1.90. The number of hydrogen-bond acceptors (Lipinski definition) is 1. The highest BCUT2D eigenvalue weighted by molar-refractivity contribution is 7.99. The van der Waals surface area contributed by atoms with E-state index in [9.17, 15) is 0 Å². The maximum Gasteiger partial charge on any atom is 0.0478 e. The van der Waals surface area contributed by atoms with Gasteiger partial charge in [-0.3, -0.25) is 0 Å². The number of benzene rings is 2. The van der Waals surface area contributed by atoms with Gasteiger partial charge < -0.3 is 0 Å². The van der Waals surface area contributed by atoms with E-state index in [1.807, 2.05) is 36.0 Å². The molecule has 0 bridgehead atoms. The van der Waals surface area contributed by atoms with Crippen LogP contribution in [0.1, 0.15) is 18.9 Å². The summed E-state index contributed by atoms with van der Waals surface area (Å²) in [6.45, 7) is 2.16. The normalized spacial score (nSPS) is 12.1. The first-order chi connectivity index (χ1) is 9.31. The molecular formula is C17H17ClS. The minimum Gasteiger partial charge on any atom is -0.122 e. The molecule has 0 saturated carbocycles. The Morgan fingerprint density at radius 2 is 1.53 bits per heavy atom. The van der Waals surface area contributed by atoms with Crippen molar-refractivity contribution >= 4 is 28.4 Å². The van der Waals surface area contributed by atoms with Crippen LogP contribution in [0.3, 0.4) is 0 Å².